The van der Waals surface area contributed by atoms with E-state index >= 15 is 0 Å². The highest BCUT2D eigenvalue weighted by Gasteiger charge is 2.28. The van der Waals surface area contributed by atoms with Crippen molar-refractivity contribution in [2.45, 2.75) is 6.18 Å². The van der Waals surface area contributed by atoms with Crippen molar-refractivity contribution < 1.29 is 17.9 Å². The molecule has 8 heteroatoms. The molecule has 0 saturated carbocycles. The third-order valence-electron chi connectivity index (χ3n) is 3.07. The van der Waals surface area contributed by atoms with Gasteiger partial charge in [0.2, 0.25) is 5.28 Å². The lowest BCUT2D eigenvalue weighted by atomic mass is 10.2. The van der Waals surface area contributed by atoms with Crippen molar-refractivity contribution in [2.24, 2.45) is 0 Å². The second kappa shape index (κ2) is 5.94. The summed E-state index contributed by atoms with van der Waals surface area (Å²) < 4.78 is 42.8. The molecule has 1 heterocycles. The maximum absolute atomic E-state index is 12.1. The minimum Gasteiger partial charge on any atom is -0.484 e. The number of hydrogen-bond donors (Lipinski definition) is 0. The van der Waals surface area contributed by atoms with Crippen LogP contribution in [-0.2, 0) is 0 Å². The Morgan fingerprint density at radius 3 is 2.39 bits per heavy atom. The number of alkyl halides is 3. The fourth-order valence-corrected chi connectivity index (χ4v) is 2.57. The van der Waals surface area contributed by atoms with Crippen LogP contribution in [-0.4, -0.2) is 22.3 Å². The van der Waals surface area contributed by atoms with Gasteiger partial charge in [-0.15, -0.1) is 0 Å². The molecule has 23 heavy (non-hydrogen) atoms. The Labute approximate surface area is 139 Å². The van der Waals surface area contributed by atoms with E-state index in [0.29, 0.717) is 16.2 Å². The number of aromatic nitrogens is 2. The Morgan fingerprint density at radius 1 is 1.04 bits per heavy atom. The first-order chi connectivity index (χ1) is 10.8. The van der Waals surface area contributed by atoms with Gasteiger partial charge in [0.25, 0.3) is 0 Å². The maximum Gasteiger partial charge on any atom is 0.422 e. The third-order valence-corrected chi connectivity index (χ3v) is 3.56. The Bertz CT molecular complexity index is 844. The number of imidazole rings is 1. The second-order valence-electron chi connectivity index (χ2n) is 4.75. The van der Waals surface area contributed by atoms with Gasteiger partial charge >= 0.3 is 6.18 Å². The van der Waals surface area contributed by atoms with Crippen LogP contribution >= 0.6 is 23.2 Å². The predicted octanol–water partition coefficient (Wildman–Crippen LogP) is 5.27. The van der Waals surface area contributed by atoms with E-state index in [1.54, 1.807) is 34.9 Å². The molecule has 0 N–H and O–H groups in total. The zero-order chi connectivity index (χ0) is 16.6. The average molecular weight is 361 g/mol. The highest BCUT2D eigenvalue weighted by molar-refractivity contribution is 6.32. The number of benzene rings is 2. The Balaban J connectivity index is 1.92. The van der Waals surface area contributed by atoms with Gasteiger partial charge < -0.3 is 4.74 Å². The van der Waals surface area contributed by atoms with Crippen LogP contribution in [0, 0.1) is 0 Å². The summed E-state index contributed by atoms with van der Waals surface area (Å²) in [5.74, 6) is 0.120. The van der Waals surface area contributed by atoms with Crippen LogP contribution in [0.5, 0.6) is 5.75 Å². The number of ether oxygens (including phenoxy) is 1. The van der Waals surface area contributed by atoms with Crippen LogP contribution in [0.4, 0.5) is 13.2 Å². The molecule has 0 fully saturated rings. The first-order valence-electron chi connectivity index (χ1n) is 6.47. The van der Waals surface area contributed by atoms with Crippen molar-refractivity contribution in [1.29, 1.82) is 0 Å². The maximum atomic E-state index is 12.1. The predicted molar refractivity (Wildman–Crippen MR) is 82.6 cm³/mol. The number of halogens is 5. The Kier molecular flexibility index (Phi) is 4.12. The van der Waals surface area contributed by atoms with Crippen LogP contribution in [0.15, 0.2) is 42.5 Å². The minimum absolute atomic E-state index is 0.120. The fourth-order valence-electron chi connectivity index (χ4n) is 2.13. The molecule has 0 bridgehead atoms. The first-order valence-corrected chi connectivity index (χ1v) is 7.22. The molecular weight excluding hydrogens is 352 g/mol. The van der Waals surface area contributed by atoms with Crippen LogP contribution in [0.3, 0.4) is 0 Å². The van der Waals surface area contributed by atoms with Crippen LogP contribution in [0.25, 0.3) is 16.7 Å². The molecule has 0 saturated heterocycles. The van der Waals surface area contributed by atoms with E-state index in [2.05, 4.69) is 9.72 Å². The van der Waals surface area contributed by atoms with Gasteiger partial charge in [0.15, 0.2) is 6.61 Å². The highest BCUT2D eigenvalue weighted by atomic mass is 35.5. The zero-order valence-electron chi connectivity index (χ0n) is 11.4. The van der Waals surface area contributed by atoms with Gasteiger partial charge in [0.1, 0.15) is 5.75 Å². The molecule has 0 spiro atoms. The molecule has 2 aromatic carbocycles. The monoisotopic (exact) mass is 360 g/mol. The number of fused-ring (bicyclic) bond motifs is 1. The molecule has 120 valence electrons. The van der Waals surface area contributed by atoms with Crippen LogP contribution < -0.4 is 4.74 Å². The summed E-state index contributed by atoms with van der Waals surface area (Å²) >= 11 is 12.1. The molecule has 3 nitrogen and oxygen atoms in total. The Morgan fingerprint density at radius 2 is 1.74 bits per heavy atom. The van der Waals surface area contributed by atoms with Gasteiger partial charge in [-0.3, -0.25) is 4.57 Å². The van der Waals surface area contributed by atoms with Crippen molar-refractivity contribution in [3.8, 4) is 11.4 Å². The molecule has 0 atom stereocenters. The van der Waals surface area contributed by atoms with E-state index in [0.717, 1.165) is 5.52 Å². The summed E-state index contributed by atoms with van der Waals surface area (Å²) in [5, 5.41) is 0.765. The normalized spacial score (nSPS) is 11.9. The van der Waals surface area contributed by atoms with E-state index in [9.17, 15) is 13.2 Å². The van der Waals surface area contributed by atoms with Gasteiger partial charge in [0, 0.05) is 10.7 Å². The van der Waals surface area contributed by atoms with Crippen LogP contribution in [0.2, 0.25) is 10.3 Å². The van der Waals surface area contributed by atoms with E-state index in [-0.39, 0.29) is 11.0 Å². The van der Waals surface area contributed by atoms with Crippen molar-refractivity contribution in [3.63, 3.8) is 0 Å². The second-order valence-corrected chi connectivity index (χ2v) is 5.52. The lowest BCUT2D eigenvalue weighted by Gasteiger charge is -2.10. The third kappa shape index (κ3) is 3.54. The summed E-state index contributed by atoms with van der Waals surface area (Å²) in [5.41, 5.74) is 2.02. The summed E-state index contributed by atoms with van der Waals surface area (Å²) in [4.78, 5) is 4.21. The standard InChI is InChI=1S/C15H9Cl2F3N2O/c16-9-1-6-13-12(7-9)21-14(17)22(13)10-2-4-11(5-3-10)23-8-15(18,19)20/h1-7H,8H2. The quantitative estimate of drug-likeness (QED) is 0.635. The molecule has 1 aromatic heterocycles. The summed E-state index contributed by atoms with van der Waals surface area (Å²) in [6.07, 6.45) is -4.37. The van der Waals surface area contributed by atoms with E-state index in [1.807, 2.05) is 0 Å². The van der Waals surface area contributed by atoms with Crippen molar-refractivity contribution >= 4 is 34.2 Å². The summed E-state index contributed by atoms with van der Waals surface area (Å²) in [7, 11) is 0. The van der Waals surface area contributed by atoms with Gasteiger partial charge in [0.05, 0.1) is 11.0 Å². The van der Waals surface area contributed by atoms with E-state index in [4.69, 9.17) is 23.2 Å². The zero-order valence-corrected chi connectivity index (χ0v) is 13.0. The van der Waals surface area contributed by atoms with Gasteiger partial charge in [-0.2, -0.15) is 13.2 Å². The number of rotatable bonds is 3. The van der Waals surface area contributed by atoms with E-state index < -0.39 is 12.8 Å². The van der Waals surface area contributed by atoms with Crippen molar-refractivity contribution in [3.05, 3.63) is 52.8 Å². The largest absolute Gasteiger partial charge is 0.484 e. The number of nitrogens with zero attached hydrogens (tertiary/aromatic N) is 2. The highest BCUT2D eigenvalue weighted by Crippen LogP contribution is 2.28. The van der Waals surface area contributed by atoms with Gasteiger partial charge in [-0.1, -0.05) is 11.6 Å². The molecule has 3 rings (SSSR count). The SMILES string of the molecule is FC(F)(F)COc1ccc(-n2c(Cl)nc3cc(Cl)ccc32)cc1. The van der Waals surface area contributed by atoms with Gasteiger partial charge in [-0.05, 0) is 54.1 Å². The molecule has 0 radical (unpaired) electrons. The van der Waals surface area contributed by atoms with E-state index in [1.165, 1.54) is 12.1 Å². The Hall–Kier alpha value is -1.92. The minimum atomic E-state index is -4.37. The summed E-state index contributed by atoms with van der Waals surface area (Å²) in [6, 6.07) is 11.3. The molecule has 0 aliphatic heterocycles. The molecule has 0 aliphatic rings. The smallest absolute Gasteiger partial charge is 0.422 e. The van der Waals surface area contributed by atoms with Crippen molar-refractivity contribution in [2.75, 3.05) is 6.61 Å². The van der Waals surface area contributed by atoms with Crippen molar-refractivity contribution in [1.82, 2.24) is 9.55 Å². The molecule has 0 unspecified atom stereocenters. The molecule has 0 aliphatic carbocycles. The lowest BCUT2D eigenvalue weighted by molar-refractivity contribution is -0.153. The van der Waals surface area contributed by atoms with Gasteiger partial charge in [-0.25, -0.2) is 4.98 Å². The number of hydrogen-bond acceptors (Lipinski definition) is 2. The molecule has 3 aromatic rings. The average Bonchev–Trinajstić information content (AvgIpc) is 2.80. The topological polar surface area (TPSA) is 27.1 Å². The molecule has 0 amide bonds. The first kappa shape index (κ1) is 16.0. The lowest BCUT2D eigenvalue weighted by Crippen LogP contribution is -2.19. The van der Waals surface area contributed by atoms with Crippen LogP contribution in [0.1, 0.15) is 0 Å². The fraction of sp³-hybridized carbons (Fsp3) is 0.133. The molecular formula is C15H9Cl2F3N2O. The summed E-state index contributed by atoms with van der Waals surface area (Å²) in [6.45, 7) is -1.33.